The normalized spacial score (nSPS) is 14.2. The quantitative estimate of drug-likeness (QED) is 0.409. The van der Waals surface area contributed by atoms with Crippen molar-refractivity contribution >= 4 is 5.96 Å². The summed E-state index contributed by atoms with van der Waals surface area (Å²) in [5, 5.41) is 8.64. The van der Waals surface area contributed by atoms with Crippen LogP contribution in [0.3, 0.4) is 0 Å². The topological polar surface area (TPSA) is 42.6 Å². The molecule has 1 atom stereocenters. The molecule has 92 valence electrons. The van der Waals surface area contributed by atoms with Crippen LogP contribution in [-0.2, 0) is 0 Å². The van der Waals surface area contributed by atoms with Crippen LogP contribution in [0.25, 0.3) is 0 Å². The number of hydrogen-bond donors (Lipinski definition) is 0. The van der Waals surface area contributed by atoms with Crippen molar-refractivity contribution in [3.63, 3.8) is 0 Å². The fraction of sp³-hybridized carbons (Fsp3) is 0.833. The minimum absolute atomic E-state index is 0.262. The maximum atomic E-state index is 8.64. The van der Waals surface area contributed by atoms with E-state index in [-0.39, 0.29) is 5.41 Å². The fourth-order valence-electron chi connectivity index (χ4n) is 1.34. The highest BCUT2D eigenvalue weighted by molar-refractivity contribution is 5.80. The third-order valence-electron chi connectivity index (χ3n) is 2.92. The third kappa shape index (κ3) is 4.52. The highest BCUT2D eigenvalue weighted by Gasteiger charge is 2.22. The molecule has 16 heavy (non-hydrogen) atoms. The molecule has 0 aromatic rings. The van der Waals surface area contributed by atoms with Gasteiger partial charge in [-0.25, -0.2) is 0 Å². The molecule has 0 aromatic carbocycles. The maximum Gasteiger partial charge on any atom is 0.211 e. The average Bonchev–Trinajstić information content (AvgIpc) is 2.11. The van der Waals surface area contributed by atoms with E-state index < -0.39 is 0 Å². The van der Waals surface area contributed by atoms with Gasteiger partial charge in [0.1, 0.15) is 0 Å². The number of rotatable bonds is 2. The Labute approximate surface area is 99.6 Å². The molecule has 0 N–H and O–H groups in total. The summed E-state index contributed by atoms with van der Waals surface area (Å²) in [7, 11) is 5.77. The predicted octanol–water partition coefficient (Wildman–Crippen LogP) is 2.00. The van der Waals surface area contributed by atoms with E-state index in [1.54, 1.807) is 0 Å². The van der Waals surface area contributed by atoms with Gasteiger partial charge < -0.3 is 9.80 Å². The second kappa shape index (κ2) is 5.74. The van der Waals surface area contributed by atoms with Crippen LogP contribution in [0.2, 0.25) is 0 Å². The third-order valence-corrected chi connectivity index (χ3v) is 2.92. The molecule has 0 aliphatic heterocycles. The minimum Gasteiger partial charge on any atom is -0.348 e. The molecule has 0 rings (SSSR count). The van der Waals surface area contributed by atoms with Crippen LogP contribution >= 0.6 is 0 Å². The van der Waals surface area contributed by atoms with E-state index >= 15 is 0 Å². The monoisotopic (exact) mass is 224 g/mol. The zero-order valence-electron chi connectivity index (χ0n) is 11.6. The molecule has 4 heteroatoms. The van der Waals surface area contributed by atoms with Gasteiger partial charge in [0.05, 0.1) is 0 Å². The summed E-state index contributed by atoms with van der Waals surface area (Å²) in [6.45, 7) is 9.78. The molecule has 1 unspecified atom stereocenters. The Hall–Kier alpha value is -1.24. The van der Waals surface area contributed by atoms with Crippen molar-refractivity contribution in [1.29, 1.82) is 5.26 Å². The van der Waals surface area contributed by atoms with Gasteiger partial charge >= 0.3 is 0 Å². The van der Waals surface area contributed by atoms with E-state index in [1.165, 1.54) is 0 Å². The Kier molecular flexibility index (Phi) is 5.29. The van der Waals surface area contributed by atoms with Gasteiger partial charge in [-0.15, -0.1) is 4.99 Å². The number of nitrogens with zero attached hydrogens (tertiary/aromatic N) is 4. The summed E-state index contributed by atoms with van der Waals surface area (Å²) in [6, 6.07) is 0. The van der Waals surface area contributed by atoms with Crippen LogP contribution < -0.4 is 0 Å². The average molecular weight is 224 g/mol. The van der Waals surface area contributed by atoms with Crippen molar-refractivity contribution in [2.45, 2.75) is 27.7 Å². The molecule has 0 spiro atoms. The van der Waals surface area contributed by atoms with Crippen LogP contribution in [0.1, 0.15) is 27.7 Å². The number of nitriles is 1. The standard InChI is InChI=1S/C12H24N4/c1-10(12(2,3)4)8-16(7)11(14-9-13)15(5)6/h10H,8H2,1-7H3/b14-11+. The van der Waals surface area contributed by atoms with Gasteiger partial charge in [0.15, 0.2) is 0 Å². The summed E-state index contributed by atoms with van der Waals surface area (Å²) in [6.07, 6.45) is 1.85. The van der Waals surface area contributed by atoms with E-state index in [2.05, 4.69) is 32.7 Å². The lowest BCUT2D eigenvalue weighted by atomic mass is 9.82. The molecule has 0 aliphatic carbocycles. The molecule has 0 heterocycles. The van der Waals surface area contributed by atoms with Crippen LogP contribution in [-0.4, -0.2) is 43.4 Å². The first-order chi connectivity index (χ1) is 7.20. The molecule has 0 saturated carbocycles. The van der Waals surface area contributed by atoms with Crippen molar-refractivity contribution in [3.05, 3.63) is 0 Å². The van der Waals surface area contributed by atoms with Gasteiger partial charge in [0.25, 0.3) is 0 Å². The van der Waals surface area contributed by atoms with E-state index in [9.17, 15) is 0 Å². The van der Waals surface area contributed by atoms with Crippen molar-refractivity contribution in [2.24, 2.45) is 16.3 Å². The van der Waals surface area contributed by atoms with Crippen molar-refractivity contribution in [1.82, 2.24) is 9.80 Å². The fourth-order valence-corrected chi connectivity index (χ4v) is 1.34. The van der Waals surface area contributed by atoms with Gasteiger partial charge in [-0.2, -0.15) is 5.26 Å². The van der Waals surface area contributed by atoms with Crippen molar-refractivity contribution in [3.8, 4) is 6.19 Å². The molecule has 0 fully saturated rings. The molecule has 0 radical (unpaired) electrons. The van der Waals surface area contributed by atoms with E-state index in [0.717, 1.165) is 6.54 Å². The van der Waals surface area contributed by atoms with E-state index in [1.807, 2.05) is 37.1 Å². The van der Waals surface area contributed by atoms with Gasteiger partial charge in [0.2, 0.25) is 12.2 Å². The number of hydrogen-bond acceptors (Lipinski definition) is 2. The van der Waals surface area contributed by atoms with Gasteiger partial charge in [-0.05, 0) is 11.3 Å². The summed E-state index contributed by atoms with van der Waals surface area (Å²) in [5.74, 6) is 1.24. The molecule has 4 nitrogen and oxygen atoms in total. The second-order valence-electron chi connectivity index (χ2n) is 5.55. The number of guanidine groups is 1. The van der Waals surface area contributed by atoms with Gasteiger partial charge in [0, 0.05) is 27.7 Å². The summed E-state index contributed by atoms with van der Waals surface area (Å²) >= 11 is 0. The van der Waals surface area contributed by atoms with Crippen LogP contribution in [0.4, 0.5) is 0 Å². The van der Waals surface area contributed by atoms with E-state index in [4.69, 9.17) is 5.26 Å². The predicted molar refractivity (Wildman–Crippen MR) is 68.0 cm³/mol. The highest BCUT2D eigenvalue weighted by atomic mass is 15.3. The molecule has 0 bridgehead atoms. The highest BCUT2D eigenvalue weighted by Crippen LogP contribution is 2.25. The SMILES string of the molecule is CC(CN(C)/C(=N/C#N)N(C)C)C(C)(C)C. The molecule has 0 amide bonds. The van der Waals surface area contributed by atoms with E-state index in [0.29, 0.717) is 11.9 Å². The summed E-state index contributed by atoms with van der Waals surface area (Å²) in [5.41, 5.74) is 0.262. The Morgan fingerprint density at radius 2 is 1.81 bits per heavy atom. The lowest BCUT2D eigenvalue weighted by Gasteiger charge is -2.33. The smallest absolute Gasteiger partial charge is 0.211 e. The summed E-state index contributed by atoms with van der Waals surface area (Å²) < 4.78 is 0. The molecule has 0 saturated heterocycles. The van der Waals surface area contributed by atoms with Crippen LogP contribution in [0, 0.1) is 22.8 Å². The molecule has 0 aromatic heterocycles. The van der Waals surface area contributed by atoms with Crippen LogP contribution in [0.5, 0.6) is 0 Å². The lowest BCUT2D eigenvalue weighted by Crippen LogP contribution is -2.42. The minimum atomic E-state index is 0.262. The lowest BCUT2D eigenvalue weighted by molar-refractivity contribution is 0.215. The first-order valence-electron chi connectivity index (χ1n) is 5.55. The zero-order chi connectivity index (χ0) is 12.9. The zero-order valence-corrected chi connectivity index (χ0v) is 11.6. The Bertz CT molecular complexity index is 280. The Morgan fingerprint density at radius 1 is 1.31 bits per heavy atom. The first-order valence-corrected chi connectivity index (χ1v) is 5.55. The largest absolute Gasteiger partial charge is 0.348 e. The number of aliphatic imine (C=N–C) groups is 1. The Balaban J connectivity index is 4.63. The van der Waals surface area contributed by atoms with Gasteiger partial charge in [-0.1, -0.05) is 27.7 Å². The second-order valence-corrected chi connectivity index (χ2v) is 5.55. The van der Waals surface area contributed by atoms with Crippen molar-refractivity contribution in [2.75, 3.05) is 27.7 Å². The molecular weight excluding hydrogens is 200 g/mol. The maximum absolute atomic E-state index is 8.64. The summed E-state index contributed by atoms with van der Waals surface area (Å²) in [4.78, 5) is 7.72. The Morgan fingerprint density at radius 3 is 2.12 bits per heavy atom. The molecular formula is C12H24N4. The van der Waals surface area contributed by atoms with Gasteiger partial charge in [-0.3, -0.25) is 0 Å². The van der Waals surface area contributed by atoms with Crippen LogP contribution in [0.15, 0.2) is 4.99 Å². The molecule has 0 aliphatic rings. The van der Waals surface area contributed by atoms with Crippen molar-refractivity contribution < 1.29 is 0 Å². The first kappa shape index (κ1) is 14.8.